The standard InChI is InChI=1S/C20H20F3N5O/c21-20(22,23)14-9-26-19(27-10-14)28-11-16-15(17(16)12-28)5-7-25-18(29)4-3-13-2-1-6-24-8-13/h1-4,6,8-10,15-17H,5,7,11-12H2,(H,25,29)/b4-3+/t15?,16-,17+. The van der Waals surface area contributed by atoms with Crippen LogP contribution in [0.15, 0.2) is 43.0 Å². The lowest BCUT2D eigenvalue weighted by Crippen LogP contribution is -2.28. The van der Waals surface area contributed by atoms with Crippen LogP contribution in [0.2, 0.25) is 0 Å². The van der Waals surface area contributed by atoms with Crippen LogP contribution in [0.5, 0.6) is 0 Å². The van der Waals surface area contributed by atoms with Gasteiger partial charge in [0.15, 0.2) is 0 Å². The van der Waals surface area contributed by atoms with Gasteiger partial charge >= 0.3 is 6.18 Å². The second-order valence-electron chi connectivity index (χ2n) is 7.37. The van der Waals surface area contributed by atoms with Crippen LogP contribution in [0, 0.1) is 17.8 Å². The summed E-state index contributed by atoms with van der Waals surface area (Å²) in [6.45, 7) is 2.09. The Morgan fingerprint density at radius 1 is 1.21 bits per heavy atom. The van der Waals surface area contributed by atoms with E-state index >= 15 is 0 Å². The van der Waals surface area contributed by atoms with E-state index in [1.54, 1.807) is 18.5 Å². The van der Waals surface area contributed by atoms with Crippen LogP contribution in [-0.2, 0) is 11.0 Å². The van der Waals surface area contributed by atoms with Crippen molar-refractivity contribution in [1.82, 2.24) is 20.3 Å². The number of rotatable bonds is 6. The molecule has 0 spiro atoms. The van der Waals surface area contributed by atoms with Crippen molar-refractivity contribution in [1.29, 1.82) is 0 Å². The van der Waals surface area contributed by atoms with Gasteiger partial charge in [0.1, 0.15) is 0 Å². The molecule has 1 amide bonds. The number of anilines is 1. The molecular formula is C20H20F3N5O. The summed E-state index contributed by atoms with van der Waals surface area (Å²) in [5.74, 6) is 1.72. The first kappa shape index (κ1) is 19.4. The minimum absolute atomic E-state index is 0.139. The van der Waals surface area contributed by atoms with Crippen LogP contribution in [0.25, 0.3) is 6.08 Å². The Bertz CT molecular complexity index is 873. The monoisotopic (exact) mass is 403 g/mol. The SMILES string of the molecule is O=C(/C=C/c1cccnc1)NCCC1[C@H]2CN(c3ncc(C(F)(F)F)cn3)C[C@@H]12. The quantitative estimate of drug-likeness (QED) is 0.751. The number of nitrogens with zero attached hydrogens (tertiary/aromatic N) is 4. The highest BCUT2D eigenvalue weighted by molar-refractivity contribution is 5.91. The van der Waals surface area contributed by atoms with E-state index in [2.05, 4.69) is 20.3 Å². The van der Waals surface area contributed by atoms with Gasteiger partial charge in [0.2, 0.25) is 11.9 Å². The first-order valence-corrected chi connectivity index (χ1v) is 9.42. The van der Waals surface area contributed by atoms with E-state index in [-0.39, 0.29) is 5.91 Å². The fourth-order valence-corrected chi connectivity index (χ4v) is 3.94. The largest absolute Gasteiger partial charge is 0.419 e. The van der Waals surface area contributed by atoms with Crippen molar-refractivity contribution < 1.29 is 18.0 Å². The number of nitrogens with one attached hydrogen (secondary N) is 1. The lowest BCUT2D eigenvalue weighted by atomic mass is 10.2. The maximum absolute atomic E-state index is 12.6. The number of pyridine rings is 1. The highest BCUT2D eigenvalue weighted by Gasteiger charge is 2.55. The minimum Gasteiger partial charge on any atom is -0.353 e. The number of hydrogen-bond acceptors (Lipinski definition) is 5. The fourth-order valence-electron chi connectivity index (χ4n) is 3.94. The van der Waals surface area contributed by atoms with Crippen molar-refractivity contribution in [3.05, 3.63) is 54.1 Å². The Labute approximate surface area is 165 Å². The number of piperidine rings is 1. The molecule has 6 nitrogen and oxygen atoms in total. The molecule has 2 fully saturated rings. The van der Waals surface area contributed by atoms with Crippen molar-refractivity contribution in [3.8, 4) is 0 Å². The summed E-state index contributed by atoms with van der Waals surface area (Å²) in [6.07, 6.45) is 4.70. The molecule has 2 aliphatic rings. The Hall–Kier alpha value is -2.97. The molecule has 9 heteroatoms. The van der Waals surface area contributed by atoms with Gasteiger partial charge < -0.3 is 10.2 Å². The van der Waals surface area contributed by atoms with Gasteiger partial charge in [-0.05, 0) is 41.9 Å². The minimum atomic E-state index is -4.42. The van der Waals surface area contributed by atoms with E-state index in [0.717, 1.165) is 37.5 Å². The molecule has 152 valence electrons. The Kier molecular flexibility index (Phi) is 5.21. The number of fused-ring (bicyclic) bond motifs is 1. The third kappa shape index (κ3) is 4.55. The average molecular weight is 403 g/mol. The zero-order chi connectivity index (χ0) is 20.4. The maximum atomic E-state index is 12.6. The smallest absolute Gasteiger partial charge is 0.353 e. The van der Waals surface area contributed by atoms with Gasteiger partial charge in [-0.3, -0.25) is 9.78 Å². The number of carbonyl (C=O) groups excluding carboxylic acids is 1. The highest BCUT2D eigenvalue weighted by Crippen LogP contribution is 2.53. The molecule has 1 saturated heterocycles. The van der Waals surface area contributed by atoms with Gasteiger partial charge in [-0.1, -0.05) is 6.07 Å². The number of alkyl halides is 3. The Morgan fingerprint density at radius 2 is 1.93 bits per heavy atom. The molecule has 1 aliphatic heterocycles. The van der Waals surface area contributed by atoms with Gasteiger partial charge in [-0.15, -0.1) is 0 Å². The molecule has 1 unspecified atom stereocenters. The van der Waals surface area contributed by atoms with E-state index in [4.69, 9.17) is 0 Å². The molecule has 3 atom stereocenters. The summed E-state index contributed by atoms with van der Waals surface area (Å²) in [5, 5.41) is 2.89. The van der Waals surface area contributed by atoms with Crippen LogP contribution >= 0.6 is 0 Å². The molecule has 1 N–H and O–H groups in total. The molecule has 4 rings (SSSR count). The second-order valence-corrected chi connectivity index (χ2v) is 7.37. The molecule has 1 saturated carbocycles. The normalized spacial score (nSPS) is 23.3. The van der Waals surface area contributed by atoms with E-state index in [1.165, 1.54) is 6.08 Å². The van der Waals surface area contributed by atoms with Crippen LogP contribution in [0.1, 0.15) is 17.5 Å². The van der Waals surface area contributed by atoms with Crippen LogP contribution in [-0.4, -0.2) is 40.5 Å². The van der Waals surface area contributed by atoms with Crippen molar-refractivity contribution in [2.75, 3.05) is 24.5 Å². The molecule has 2 aromatic rings. The third-order valence-electron chi connectivity index (χ3n) is 5.51. The molecule has 3 heterocycles. The molecule has 2 aromatic heterocycles. The predicted octanol–water partition coefficient (Wildman–Crippen LogP) is 2.79. The van der Waals surface area contributed by atoms with Crippen LogP contribution in [0.4, 0.5) is 19.1 Å². The number of carbonyl (C=O) groups is 1. The lowest BCUT2D eigenvalue weighted by molar-refractivity contribution is -0.138. The van der Waals surface area contributed by atoms with E-state index in [0.29, 0.717) is 30.2 Å². The molecule has 29 heavy (non-hydrogen) atoms. The molecule has 1 aliphatic carbocycles. The van der Waals surface area contributed by atoms with E-state index in [9.17, 15) is 18.0 Å². The van der Waals surface area contributed by atoms with Gasteiger partial charge in [0.05, 0.1) is 5.56 Å². The lowest BCUT2D eigenvalue weighted by Gasteiger charge is -2.20. The Morgan fingerprint density at radius 3 is 2.55 bits per heavy atom. The fraction of sp³-hybridized carbons (Fsp3) is 0.400. The summed E-state index contributed by atoms with van der Waals surface area (Å²) in [5.41, 5.74) is 0.0294. The maximum Gasteiger partial charge on any atom is 0.419 e. The molecule has 0 aromatic carbocycles. The summed E-state index contributed by atoms with van der Waals surface area (Å²) in [7, 11) is 0. The zero-order valence-corrected chi connectivity index (χ0v) is 15.5. The highest BCUT2D eigenvalue weighted by atomic mass is 19.4. The van der Waals surface area contributed by atoms with Crippen molar-refractivity contribution >= 4 is 17.9 Å². The first-order valence-electron chi connectivity index (χ1n) is 9.42. The summed E-state index contributed by atoms with van der Waals surface area (Å²) >= 11 is 0. The van der Waals surface area contributed by atoms with Crippen molar-refractivity contribution in [2.24, 2.45) is 17.8 Å². The van der Waals surface area contributed by atoms with Gasteiger partial charge in [-0.25, -0.2) is 9.97 Å². The summed E-state index contributed by atoms with van der Waals surface area (Å²) in [6, 6.07) is 3.68. The predicted molar refractivity (Wildman–Crippen MR) is 101 cm³/mol. The Balaban J connectivity index is 1.18. The van der Waals surface area contributed by atoms with Crippen LogP contribution < -0.4 is 10.2 Å². The number of halogens is 3. The molecular weight excluding hydrogens is 383 g/mol. The number of aromatic nitrogens is 3. The summed E-state index contributed by atoms with van der Waals surface area (Å²) < 4.78 is 37.8. The van der Waals surface area contributed by atoms with Crippen molar-refractivity contribution in [3.63, 3.8) is 0 Å². The number of amides is 1. The van der Waals surface area contributed by atoms with E-state index < -0.39 is 11.7 Å². The third-order valence-corrected chi connectivity index (χ3v) is 5.51. The van der Waals surface area contributed by atoms with Gasteiger partial charge in [0.25, 0.3) is 0 Å². The molecule has 0 radical (unpaired) electrons. The topological polar surface area (TPSA) is 71.0 Å². The number of hydrogen-bond donors (Lipinski definition) is 1. The van der Waals surface area contributed by atoms with E-state index in [1.807, 2.05) is 17.0 Å². The summed E-state index contributed by atoms with van der Waals surface area (Å²) in [4.78, 5) is 25.5. The first-order chi connectivity index (χ1) is 13.9. The molecule has 0 bridgehead atoms. The zero-order valence-electron chi connectivity index (χ0n) is 15.5. The second kappa shape index (κ2) is 7.81. The van der Waals surface area contributed by atoms with Gasteiger partial charge in [-0.2, -0.15) is 13.2 Å². The average Bonchev–Trinajstić information content (AvgIpc) is 3.15. The van der Waals surface area contributed by atoms with Crippen LogP contribution in [0.3, 0.4) is 0 Å². The van der Waals surface area contributed by atoms with Gasteiger partial charge in [0, 0.05) is 50.5 Å². The van der Waals surface area contributed by atoms with Crippen molar-refractivity contribution in [2.45, 2.75) is 12.6 Å².